The second-order valence-corrected chi connectivity index (χ2v) is 11.1. The molecule has 1 fully saturated rings. The van der Waals surface area contributed by atoms with E-state index in [1.165, 1.54) is 31.2 Å². The lowest BCUT2D eigenvalue weighted by molar-refractivity contribution is -0.118. The van der Waals surface area contributed by atoms with Gasteiger partial charge in [-0.2, -0.15) is 0 Å². The van der Waals surface area contributed by atoms with Crippen molar-refractivity contribution in [3.05, 3.63) is 108 Å². The molecular formula is C35H37N5O. The second kappa shape index (κ2) is 12.5. The number of nitrogens with zero attached hydrogens (tertiary/aromatic N) is 3. The molecule has 2 heterocycles. The van der Waals surface area contributed by atoms with E-state index in [1.807, 2.05) is 54.6 Å². The lowest BCUT2D eigenvalue weighted by atomic mass is 9.98. The zero-order valence-electron chi connectivity index (χ0n) is 23.6. The van der Waals surface area contributed by atoms with Crippen molar-refractivity contribution in [3.8, 4) is 11.3 Å². The molecule has 4 aromatic rings. The molecule has 1 atom stereocenters. The predicted octanol–water partition coefficient (Wildman–Crippen LogP) is 7.49. The van der Waals surface area contributed by atoms with Crippen molar-refractivity contribution < 1.29 is 4.79 Å². The summed E-state index contributed by atoms with van der Waals surface area (Å²) in [4.78, 5) is 25.4. The highest BCUT2D eigenvalue weighted by Crippen LogP contribution is 2.28. The molecule has 6 heteroatoms. The smallest absolute Gasteiger partial charge is 0.231 e. The molecule has 0 spiro atoms. The summed E-state index contributed by atoms with van der Waals surface area (Å²) in [5.74, 6) is 0.324. The third kappa shape index (κ3) is 6.55. The van der Waals surface area contributed by atoms with Crippen LogP contribution in [0.1, 0.15) is 43.2 Å². The SMILES string of the molecule is Cc1ccc(CN2CCCCCC2)cc1NC(=O)C1C=CC(Nc2nc(-c3ccccc3)c3ccccc3n2)=CC1. The summed E-state index contributed by atoms with van der Waals surface area (Å²) in [7, 11) is 0. The Labute approximate surface area is 242 Å². The van der Waals surface area contributed by atoms with Crippen molar-refractivity contribution in [1.82, 2.24) is 14.9 Å². The van der Waals surface area contributed by atoms with Crippen LogP contribution in [-0.2, 0) is 11.3 Å². The van der Waals surface area contributed by atoms with Crippen molar-refractivity contribution in [3.63, 3.8) is 0 Å². The first kappa shape index (κ1) is 26.9. The second-order valence-electron chi connectivity index (χ2n) is 11.1. The lowest BCUT2D eigenvalue weighted by Gasteiger charge is -2.21. The van der Waals surface area contributed by atoms with E-state index in [0.29, 0.717) is 12.4 Å². The number of para-hydroxylation sites is 1. The van der Waals surface area contributed by atoms with E-state index in [1.54, 1.807) is 0 Å². The van der Waals surface area contributed by atoms with Gasteiger partial charge in [-0.15, -0.1) is 0 Å². The maximum atomic E-state index is 13.2. The van der Waals surface area contributed by atoms with Gasteiger partial charge in [0.2, 0.25) is 11.9 Å². The van der Waals surface area contributed by atoms with Gasteiger partial charge in [0, 0.05) is 28.9 Å². The van der Waals surface area contributed by atoms with Crippen LogP contribution in [0.25, 0.3) is 22.2 Å². The summed E-state index contributed by atoms with van der Waals surface area (Å²) < 4.78 is 0. The zero-order chi connectivity index (χ0) is 28.0. The van der Waals surface area contributed by atoms with E-state index in [4.69, 9.17) is 9.97 Å². The van der Waals surface area contributed by atoms with Crippen molar-refractivity contribution in [2.45, 2.75) is 45.6 Å². The van der Waals surface area contributed by atoms with Crippen LogP contribution in [0.15, 0.2) is 96.7 Å². The lowest BCUT2D eigenvalue weighted by Crippen LogP contribution is -2.25. The molecule has 0 bridgehead atoms. The topological polar surface area (TPSA) is 70.2 Å². The molecule has 1 unspecified atom stereocenters. The molecule has 6 rings (SSSR count). The minimum Gasteiger partial charge on any atom is -0.325 e. The van der Waals surface area contributed by atoms with E-state index in [9.17, 15) is 4.79 Å². The molecule has 41 heavy (non-hydrogen) atoms. The van der Waals surface area contributed by atoms with Gasteiger partial charge in [0.1, 0.15) is 0 Å². The monoisotopic (exact) mass is 543 g/mol. The van der Waals surface area contributed by atoms with E-state index in [0.717, 1.165) is 58.7 Å². The highest BCUT2D eigenvalue weighted by Gasteiger charge is 2.19. The summed E-state index contributed by atoms with van der Waals surface area (Å²) in [6, 6.07) is 24.7. The van der Waals surface area contributed by atoms with Crippen LogP contribution < -0.4 is 10.6 Å². The molecule has 2 N–H and O–H groups in total. The van der Waals surface area contributed by atoms with Crippen molar-refractivity contribution in [1.29, 1.82) is 0 Å². The Morgan fingerprint density at radius 3 is 2.49 bits per heavy atom. The third-order valence-electron chi connectivity index (χ3n) is 8.01. The van der Waals surface area contributed by atoms with Crippen LogP contribution in [0, 0.1) is 12.8 Å². The number of aromatic nitrogens is 2. The highest BCUT2D eigenvalue weighted by atomic mass is 16.1. The van der Waals surface area contributed by atoms with Gasteiger partial charge >= 0.3 is 0 Å². The number of hydrogen-bond donors (Lipinski definition) is 2. The van der Waals surface area contributed by atoms with Gasteiger partial charge in [0.15, 0.2) is 0 Å². The number of allylic oxidation sites excluding steroid dienone is 2. The number of rotatable bonds is 7. The fourth-order valence-electron chi connectivity index (χ4n) is 5.67. The van der Waals surface area contributed by atoms with Crippen LogP contribution in [0.3, 0.4) is 0 Å². The van der Waals surface area contributed by atoms with Crippen LogP contribution in [-0.4, -0.2) is 33.9 Å². The molecule has 208 valence electrons. The van der Waals surface area contributed by atoms with Crippen molar-refractivity contribution in [2.24, 2.45) is 5.92 Å². The molecule has 6 nitrogen and oxygen atoms in total. The molecular weight excluding hydrogens is 506 g/mol. The van der Waals surface area contributed by atoms with Gasteiger partial charge in [-0.05, 0) is 68.6 Å². The molecule has 1 saturated heterocycles. The minimum atomic E-state index is -0.230. The van der Waals surface area contributed by atoms with Gasteiger partial charge in [-0.3, -0.25) is 9.69 Å². The molecule has 1 amide bonds. The van der Waals surface area contributed by atoms with Gasteiger partial charge < -0.3 is 10.6 Å². The van der Waals surface area contributed by atoms with E-state index < -0.39 is 0 Å². The number of carbonyl (C=O) groups excluding carboxylic acids is 1. The largest absolute Gasteiger partial charge is 0.325 e. The Hall–Kier alpha value is -4.29. The fraction of sp³-hybridized carbons (Fsp3) is 0.286. The van der Waals surface area contributed by atoms with Crippen LogP contribution >= 0.6 is 0 Å². The van der Waals surface area contributed by atoms with Gasteiger partial charge in [-0.25, -0.2) is 9.97 Å². The highest BCUT2D eigenvalue weighted by molar-refractivity contribution is 5.95. The first-order valence-electron chi connectivity index (χ1n) is 14.7. The number of amides is 1. The zero-order valence-corrected chi connectivity index (χ0v) is 23.6. The maximum Gasteiger partial charge on any atom is 0.231 e. The Kier molecular flexibility index (Phi) is 8.19. The standard InChI is InChI=1S/C35H37N5O/c1-25-15-16-26(24-40-21-9-2-3-10-22-40)23-32(25)37-34(41)28-17-19-29(20-18-28)36-35-38-31-14-8-7-13-30(31)33(39-35)27-11-5-4-6-12-27/h4-8,11-17,19-20,23,28H,2-3,9-10,18,21-22,24H2,1H3,(H,37,41)(H,36,38,39). The van der Waals surface area contributed by atoms with Gasteiger partial charge in [-0.1, -0.05) is 85.7 Å². The first-order valence-corrected chi connectivity index (χ1v) is 14.7. The number of benzene rings is 3. The Morgan fingerprint density at radius 1 is 0.927 bits per heavy atom. The van der Waals surface area contributed by atoms with E-state index in [2.05, 4.69) is 58.9 Å². The molecule has 0 saturated carbocycles. The molecule has 2 aliphatic rings. The molecule has 3 aromatic carbocycles. The van der Waals surface area contributed by atoms with Crippen LogP contribution in [0.5, 0.6) is 0 Å². The molecule has 1 aliphatic carbocycles. The number of aryl methyl sites for hydroxylation is 1. The Morgan fingerprint density at radius 2 is 1.71 bits per heavy atom. The van der Waals surface area contributed by atoms with E-state index >= 15 is 0 Å². The van der Waals surface area contributed by atoms with Crippen LogP contribution in [0.4, 0.5) is 11.6 Å². The number of hydrogen-bond acceptors (Lipinski definition) is 5. The average Bonchev–Trinajstić information content (AvgIpc) is 3.28. The van der Waals surface area contributed by atoms with Gasteiger partial charge in [0.25, 0.3) is 0 Å². The predicted molar refractivity (Wildman–Crippen MR) is 167 cm³/mol. The summed E-state index contributed by atoms with van der Waals surface area (Å²) in [5.41, 5.74) is 6.95. The first-order chi connectivity index (χ1) is 20.1. The van der Waals surface area contributed by atoms with Crippen molar-refractivity contribution >= 4 is 28.4 Å². The van der Waals surface area contributed by atoms with E-state index in [-0.39, 0.29) is 11.8 Å². The Balaban J connectivity index is 1.12. The molecule has 0 radical (unpaired) electrons. The number of likely N-dealkylation sites (tertiary alicyclic amines) is 1. The third-order valence-corrected chi connectivity index (χ3v) is 8.01. The maximum absolute atomic E-state index is 13.2. The normalized spacial score (nSPS) is 17.6. The number of fused-ring (bicyclic) bond motifs is 1. The molecule has 1 aromatic heterocycles. The summed E-state index contributed by atoms with van der Waals surface area (Å²) in [6.45, 7) is 5.30. The van der Waals surface area contributed by atoms with Crippen LogP contribution in [0.2, 0.25) is 0 Å². The number of carbonyl (C=O) groups is 1. The summed E-state index contributed by atoms with van der Waals surface area (Å²) in [5, 5.41) is 7.58. The minimum absolute atomic E-state index is 0.0138. The van der Waals surface area contributed by atoms with Crippen molar-refractivity contribution in [2.75, 3.05) is 23.7 Å². The molecule has 1 aliphatic heterocycles. The number of nitrogens with one attached hydrogen (secondary N) is 2. The number of anilines is 2. The summed E-state index contributed by atoms with van der Waals surface area (Å²) >= 11 is 0. The summed E-state index contributed by atoms with van der Waals surface area (Å²) in [6.07, 6.45) is 11.8. The Bertz CT molecular complexity index is 1590. The fourth-order valence-corrected chi connectivity index (χ4v) is 5.67. The van der Waals surface area contributed by atoms with Gasteiger partial charge in [0.05, 0.1) is 17.1 Å². The average molecular weight is 544 g/mol. The quantitative estimate of drug-likeness (QED) is 0.253.